The molecule has 14 heteroatoms. The highest BCUT2D eigenvalue weighted by Gasteiger charge is 2.29. The first-order valence-corrected chi connectivity index (χ1v) is 18.1. The average Bonchev–Trinajstić information content (AvgIpc) is 3.73. The van der Waals surface area contributed by atoms with Crippen LogP contribution in [0.25, 0.3) is 22.5 Å². The number of anilines is 1. The lowest BCUT2D eigenvalue weighted by Gasteiger charge is -2.28. The Morgan fingerprint density at radius 1 is 0.906 bits per heavy atom. The molecule has 1 heterocycles. The number of carbonyl (C=O) groups excluding carboxylic acids is 3. The standard InChI is InChI=1S/C39H50N8O6/c1-26-22-32(37(48)41-16-17-52-20-21-53-19-18-51-2)12-15-34(26)31-5-3-4-28(23-31)24-35(43-38(49)30-8-6-27(25-40)7-9-30)39(50)42-33-13-10-29(11-14-33)36-44-46-47-45-36/h3-5,10-15,22-23,27,30,35H,6-9,16-21,24-25,40H2,1-2H3,(H,41,48)(H,42,50)(H,43,49)(H,44,45,46,47). The van der Waals surface area contributed by atoms with E-state index in [-0.39, 0.29) is 30.1 Å². The highest BCUT2D eigenvalue weighted by Crippen LogP contribution is 2.29. The molecule has 1 aliphatic rings. The summed E-state index contributed by atoms with van der Waals surface area (Å²) in [4.78, 5) is 40.1. The minimum absolute atomic E-state index is 0.118. The Balaban J connectivity index is 1.23. The highest BCUT2D eigenvalue weighted by atomic mass is 16.5. The van der Waals surface area contributed by atoms with E-state index in [1.807, 2.05) is 43.3 Å². The first-order valence-electron chi connectivity index (χ1n) is 18.1. The molecule has 6 N–H and O–H groups in total. The van der Waals surface area contributed by atoms with Crippen LogP contribution in [0.1, 0.15) is 47.2 Å². The van der Waals surface area contributed by atoms with E-state index >= 15 is 0 Å². The molecule has 14 nitrogen and oxygen atoms in total. The van der Waals surface area contributed by atoms with Gasteiger partial charge in [-0.3, -0.25) is 14.4 Å². The van der Waals surface area contributed by atoms with Gasteiger partial charge in [0.25, 0.3) is 5.91 Å². The second kappa shape index (κ2) is 20.3. The Labute approximate surface area is 309 Å². The molecule has 3 aromatic carbocycles. The number of aromatic nitrogens is 4. The van der Waals surface area contributed by atoms with E-state index in [1.54, 1.807) is 37.4 Å². The smallest absolute Gasteiger partial charge is 0.251 e. The van der Waals surface area contributed by atoms with Gasteiger partial charge in [0.2, 0.25) is 17.6 Å². The van der Waals surface area contributed by atoms with Gasteiger partial charge in [-0.1, -0.05) is 30.3 Å². The molecular weight excluding hydrogens is 676 g/mol. The van der Waals surface area contributed by atoms with Crippen molar-refractivity contribution in [3.8, 4) is 22.5 Å². The van der Waals surface area contributed by atoms with Crippen LogP contribution in [-0.4, -0.2) is 97.6 Å². The van der Waals surface area contributed by atoms with E-state index in [2.05, 4.69) is 36.6 Å². The molecule has 1 aliphatic carbocycles. The van der Waals surface area contributed by atoms with E-state index in [0.29, 0.717) is 69.1 Å². The first-order chi connectivity index (χ1) is 25.8. The fraction of sp³-hybridized carbons (Fsp3) is 0.436. The van der Waals surface area contributed by atoms with Crippen molar-refractivity contribution < 1.29 is 28.6 Å². The number of hydrogen-bond acceptors (Lipinski definition) is 10. The van der Waals surface area contributed by atoms with Crippen molar-refractivity contribution in [2.24, 2.45) is 17.6 Å². The number of ether oxygens (including phenoxy) is 3. The van der Waals surface area contributed by atoms with Crippen LogP contribution in [0.5, 0.6) is 0 Å². The van der Waals surface area contributed by atoms with Crippen LogP contribution < -0.4 is 21.7 Å². The van der Waals surface area contributed by atoms with Crippen molar-refractivity contribution in [2.45, 2.75) is 45.1 Å². The van der Waals surface area contributed by atoms with Crippen molar-refractivity contribution in [3.63, 3.8) is 0 Å². The Kier molecular flexibility index (Phi) is 15.0. The summed E-state index contributed by atoms with van der Waals surface area (Å²) in [5, 5.41) is 23.0. The number of benzene rings is 3. The summed E-state index contributed by atoms with van der Waals surface area (Å²) < 4.78 is 15.8. The largest absolute Gasteiger partial charge is 0.382 e. The van der Waals surface area contributed by atoms with Gasteiger partial charge in [-0.25, -0.2) is 0 Å². The maximum Gasteiger partial charge on any atom is 0.251 e. The maximum absolute atomic E-state index is 13.8. The number of methoxy groups -OCH3 is 1. The predicted molar refractivity (Wildman–Crippen MR) is 201 cm³/mol. The van der Waals surface area contributed by atoms with E-state index in [9.17, 15) is 14.4 Å². The van der Waals surface area contributed by atoms with Crippen LogP contribution in [0.15, 0.2) is 66.7 Å². The molecule has 3 amide bonds. The Morgan fingerprint density at radius 2 is 1.66 bits per heavy atom. The Morgan fingerprint density at radius 3 is 2.36 bits per heavy atom. The van der Waals surface area contributed by atoms with Crippen LogP contribution >= 0.6 is 0 Å². The summed E-state index contributed by atoms with van der Waals surface area (Å²) >= 11 is 0. The summed E-state index contributed by atoms with van der Waals surface area (Å²) in [6.45, 7) is 5.32. The lowest BCUT2D eigenvalue weighted by atomic mass is 9.81. The second-order valence-electron chi connectivity index (χ2n) is 13.2. The zero-order valence-corrected chi connectivity index (χ0v) is 30.4. The summed E-state index contributed by atoms with van der Waals surface area (Å²) in [5.74, 6) is 0.101. The third-order valence-corrected chi connectivity index (χ3v) is 9.44. The molecule has 1 unspecified atom stereocenters. The number of aryl methyl sites for hydroxylation is 1. The van der Waals surface area contributed by atoms with Crippen molar-refractivity contribution in [1.29, 1.82) is 0 Å². The van der Waals surface area contributed by atoms with Gasteiger partial charge in [0.1, 0.15) is 6.04 Å². The lowest BCUT2D eigenvalue weighted by Crippen LogP contribution is -2.48. The fourth-order valence-electron chi connectivity index (χ4n) is 6.41. The quantitative estimate of drug-likeness (QED) is 0.0890. The molecule has 5 rings (SSSR count). The van der Waals surface area contributed by atoms with Crippen molar-refractivity contribution in [1.82, 2.24) is 31.3 Å². The Hall–Kier alpha value is -5.02. The molecule has 0 radical (unpaired) electrons. The average molecular weight is 727 g/mol. The van der Waals surface area contributed by atoms with Crippen LogP contribution in [0.3, 0.4) is 0 Å². The zero-order valence-electron chi connectivity index (χ0n) is 30.4. The van der Waals surface area contributed by atoms with E-state index in [1.165, 1.54) is 0 Å². The molecule has 1 saturated carbocycles. The van der Waals surface area contributed by atoms with Gasteiger partial charge >= 0.3 is 0 Å². The van der Waals surface area contributed by atoms with Gasteiger partial charge in [-0.2, -0.15) is 5.21 Å². The monoisotopic (exact) mass is 726 g/mol. The van der Waals surface area contributed by atoms with E-state index in [0.717, 1.165) is 53.5 Å². The van der Waals surface area contributed by atoms with Crippen molar-refractivity contribution in [3.05, 3.63) is 83.4 Å². The summed E-state index contributed by atoms with van der Waals surface area (Å²) in [6.07, 6.45) is 3.59. The zero-order chi connectivity index (χ0) is 37.4. The minimum Gasteiger partial charge on any atom is -0.382 e. The van der Waals surface area contributed by atoms with Crippen LogP contribution in [0.2, 0.25) is 0 Å². The second-order valence-corrected chi connectivity index (χ2v) is 13.2. The molecular formula is C39H50N8O6. The van der Waals surface area contributed by atoms with E-state index < -0.39 is 6.04 Å². The fourth-order valence-corrected chi connectivity index (χ4v) is 6.41. The molecule has 0 spiro atoms. The van der Waals surface area contributed by atoms with Crippen molar-refractivity contribution in [2.75, 3.05) is 58.6 Å². The third-order valence-electron chi connectivity index (χ3n) is 9.44. The molecule has 53 heavy (non-hydrogen) atoms. The van der Waals surface area contributed by atoms with Gasteiger partial charge in [0.15, 0.2) is 0 Å². The van der Waals surface area contributed by atoms with Gasteiger partial charge < -0.3 is 35.9 Å². The number of hydrogen-bond donors (Lipinski definition) is 5. The SMILES string of the molecule is COCCOCCOCCNC(=O)c1ccc(-c2cccc(CC(NC(=O)C3CCC(CN)CC3)C(=O)Nc3ccc(-c4nn[nH]n4)cc3)c2)c(C)c1. The topological polar surface area (TPSA) is 195 Å². The Bertz CT molecular complexity index is 1760. The predicted octanol–water partition coefficient (Wildman–Crippen LogP) is 3.68. The highest BCUT2D eigenvalue weighted by molar-refractivity contribution is 5.98. The number of nitrogens with one attached hydrogen (secondary N) is 4. The molecule has 4 aromatic rings. The number of aromatic amines is 1. The van der Waals surface area contributed by atoms with Gasteiger partial charge in [-0.05, 0) is 109 Å². The molecule has 0 bridgehead atoms. The normalized spacial score (nSPS) is 16.1. The minimum atomic E-state index is -0.818. The molecule has 1 fully saturated rings. The third kappa shape index (κ3) is 11.7. The van der Waals surface area contributed by atoms with Crippen LogP contribution in [0.4, 0.5) is 5.69 Å². The number of amides is 3. The van der Waals surface area contributed by atoms with Gasteiger partial charge in [0, 0.05) is 42.8 Å². The number of carbonyl (C=O) groups is 3. The number of nitrogens with two attached hydrogens (primary N) is 1. The van der Waals surface area contributed by atoms with Gasteiger partial charge in [-0.15, -0.1) is 10.2 Å². The summed E-state index contributed by atoms with van der Waals surface area (Å²) in [5.41, 5.74) is 11.5. The number of tetrazole rings is 1. The number of nitrogens with zero attached hydrogens (tertiary/aromatic N) is 3. The number of H-pyrrole nitrogens is 1. The molecule has 1 aromatic heterocycles. The number of rotatable bonds is 19. The summed E-state index contributed by atoms with van der Waals surface area (Å²) in [7, 11) is 1.62. The molecule has 0 aliphatic heterocycles. The molecule has 1 atom stereocenters. The first kappa shape index (κ1) is 39.2. The summed E-state index contributed by atoms with van der Waals surface area (Å²) in [6, 6.07) is 19.8. The van der Waals surface area contributed by atoms with Gasteiger partial charge in [0.05, 0.1) is 33.0 Å². The van der Waals surface area contributed by atoms with Crippen LogP contribution in [-0.2, 0) is 30.2 Å². The van der Waals surface area contributed by atoms with Crippen LogP contribution in [0, 0.1) is 18.8 Å². The maximum atomic E-state index is 13.8. The lowest BCUT2D eigenvalue weighted by molar-refractivity contribution is -0.130. The van der Waals surface area contributed by atoms with E-state index in [4.69, 9.17) is 19.9 Å². The molecule has 0 saturated heterocycles. The van der Waals surface area contributed by atoms with Crippen molar-refractivity contribution >= 4 is 23.4 Å². The molecule has 282 valence electrons.